The molecule has 4 heteroatoms. The van der Waals surface area contributed by atoms with Gasteiger partial charge >= 0.3 is 0 Å². The lowest BCUT2D eigenvalue weighted by molar-refractivity contribution is 0.295. The molecule has 0 amide bonds. The zero-order valence-electron chi connectivity index (χ0n) is 11.8. The van der Waals surface area contributed by atoms with Crippen LogP contribution in [0, 0.1) is 0 Å². The van der Waals surface area contributed by atoms with Crippen molar-refractivity contribution >= 4 is 15.9 Å². The first kappa shape index (κ1) is 16.1. The topological polar surface area (TPSA) is 30.5 Å². The minimum Gasteiger partial charge on any atom is -0.490 e. The van der Waals surface area contributed by atoms with E-state index < -0.39 is 0 Å². The van der Waals surface area contributed by atoms with Gasteiger partial charge in [-0.2, -0.15) is 0 Å². The Morgan fingerprint density at radius 2 is 2.05 bits per heavy atom. The molecule has 0 aliphatic heterocycles. The van der Waals surface area contributed by atoms with Gasteiger partial charge in [0.25, 0.3) is 0 Å². The number of benzene rings is 1. The Morgan fingerprint density at radius 1 is 1.32 bits per heavy atom. The monoisotopic (exact) mass is 327 g/mol. The van der Waals surface area contributed by atoms with Crippen molar-refractivity contribution in [1.29, 1.82) is 0 Å². The molecule has 19 heavy (non-hydrogen) atoms. The van der Waals surface area contributed by atoms with E-state index in [1.165, 1.54) is 5.56 Å². The van der Waals surface area contributed by atoms with E-state index in [-0.39, 0.29) is 0 Å². The molecule has 1 aromatic carbocycles. The molecule has 0 aliphatic carbocycles. The minimum atomic E-state index is 0.434. The second-order valence-corrected chi connectivity index (χ2v) is 5.68. The summed E-state index contributed by atoms with van der Waals surface area (Å²) in [5, 5.41) is 3.38. The predicted octanol–water partition coefficient (Wildman–Crippen LogP) is 3.87. The Kier molecular flexibility index (Phi) is 6.95. The van der Waals surface area contributed by atoms with Gasteiger partial charge in [0, 0.05) is 17.1 Å². The summed E-state index contributed by atoms with van der Waals surface area (Å²) in [6, 6.07) is 6.47. The molecule has 0 heterocycles. The highest BCUT2D eigenvalue weighted by molar-refractivity contribution is 9.11. The number of ether oxygens (including phenoxy) is 2. The average Bonchev–Trinajstić information content (AvgIpc) is 2.35. The van der Waals surface area contributed by atoms with Crippen LogP contribution in [0.3, 0.4) is 0 Å². The Hall–Kier alpha value is -1.00. The van der Waals surface area contributed by atoms with Gasteiger partial charge in [0.05, 0.1) is 6.61 Å². The fraction of sp³-hybridized carbons (Fsp3) is 0.467. The van der Waals surface area contributed by atoms with Gasteiger partial charge < -0.3 is 14.8 Å². The lowest BCUT2D eigenvalue weighted by Crippen LogP contribution is -2.21. The second kappa shape index (κ2) is 8.23. The van der Waals surface area contributed by atoms with E-state index in [4.69, 9.17) is 9.47 Å². The zero-order valence-corrected chi connectivity index (χ0v) is 13.4. The van der Waals surface area contributed by atoms with Crippen LogP contribution in [0.25, 0.3) is 0 Å². The van der Waals surface area contributed by atoms with Gasteiger partial charge in [0.15, 0.2) is 11.5 Å². The number of hydrogen-bond acceptors (Lipinski definition) is 3. The summed E-state index contributed by atoms with van der Waals surface area (Å²) in [4.78, 5) is 0. The van der Waals surface area contributed by atoms with Crippen molar-refractivity contribution in [2.24, 2.45) is 0 Å². The fourth-order valence-electron chi connectivity index (χ4n) is 1.53. The maximum atomic E-state index is 5.64. The molecule has 0 saturated heterocycles. The van der Waals surface area contributed by atoms with Crippen molar-refractivity contribution in [2.45, 2.75) is 33.4 Å². The summed E-state index contributed by atoms with van der Waals surface area (Å²) in [5.41, 5.74) is 1.18. The van der Waals surface area contributed by atoms with Crippen molar-refractivity contribution in [3.05, 3.63) is 34.8 Å². The maximum Gasteiger partial charge on any atom is 0.161 e. The Morgan fingerprint density at radius 3 is 2.63 bits per heavy atom. The van der Waals surface area contributed by atoms with Crippen molar-refractivity contribution in [3.8, 4) is 11.5 Å². The van der Waals surface area contributed by atoms with Gasteiger partial charge in [-0.25, -0.2) is 0 Å². The van der Waals surface area contributed by atoms with Crippen LogP contribution >= 0.6 is 15.9 Å². The summed E-state index contributed by atoms with van der Waals surface area (Å²) in [7, 11) is 0. The molecule has 0 aromatic heterocycles. The molecule has 1 aromatic rings. The molecular weight excluding hydrogens is 306 g/mol. The molecular formula is C15H22BrNO2. The van der Waals surface area contributed by atoms with Crippen molar-refractivity contribution in [1.82, 2.24) is 5.32 Å². The lowest BCUT2D eigenvalue weighted by Gasteiger charge is -2.14. The molecule has 0 aliphatic rings. The summed E-state index contributed by atoms with van der Waals surface area (Å²) < 4.78 is 12.1. The first-order valence-electron chi connectivity index (χ1n) is 6.48. The predicted molar refractivity (Wildman–Crippen MR) is 83.1 cm³/mol. The second-order valence-electron chi connectivity index (χ2n) is 4.56. The van der Waals surface area contributed by atoms with Crippen LogP contribution in [-0.2, 0) is 6.54 Å². The molecule has 0 fully saturated rings. The zero-order chi connectivity index (χ0) is 14.3. The number of halogens is 1. The van der Waals surface area contributed by atoms with E-state index in [1.807, 2.05) is 25.1 Å². The first-order chi connectivity index (χ1) is 9.02. The molecule has 0 saturated carbocycles. The quantitative estimate of drug-likeness (QED) is 0.786. The van der Waals surface area contributed by atoms with E-state index in [2.05, 4.69) is 41.7 Å². The van der Waals surface area contributed by atoms with Crippen molar-refractivity contribution in [3.63, 3.8) is 0 Å². The van der Waals surface area contributed by atoms with Crippen molar-refractivity contribution in [2.75, 3.05) is 13.2 Å². The highest BCUT2D eigenvalue weighted by Gasteiger charge is 2.07. The van der Waals surface area contributed by atoms with E-state index in [0.29, 0.717) is 19.3 Å². The van der Waals surface area contributed by atoms with Crippen LogP contribution in [0.5, 0.6) is 11.5 Å². The van der Waals surface area contributed by atoms with E-state index in [0.717, 1.165) is 22.5 Å². The summed E-state index contributed by atoms with van der Waals surface area (Å²) >= 11 is 3.28. The molecule has 1 rings (SSSR count). The van der Waals surface area contributed by atoms with Gasteiger partial charge in [-0.1, -0.05) is 42.4 Å². The molecule has 3 nitrogen and oxygen atoms in total. The first-order valence-corrected chi connectivity index (χ1v) is 7.27. The Balaban J connectivity index is 2.78. The molecule has 0 spiro atoms. The van der Waals surface area contributed by atoms with E-state index in [1.54, 1.807) is 0 Å². The number of nitrogens with one attached hydrogen (secondary N) is 1. The van der Waals surface area contributed by atoms with Crippen LogP contribution in [0.1, 0.15) is 26.3 Å². The molecule has 106 valence electrons. The van der Waals surface area contributed by atoms with Crippen LogP contribution in [-0.4, -0.2) is 19.3 Å². The smallest absolute Gasteiger partial charge is 0.161 e. The van der Waals surface area contributed by atoms with Gasteiger partial charge in [0.2, 0.25) is 0 Å². The van der Waals surface area contributed by atoms with Gasteiger partial charge in [0.1, 0.15) is 6.61 Å². The number of hydrogen-bond donors (Lipinski definition) is 1. The Labute approximate surface area is 124 Å². The molecule has 0 bridgehead atoms. The molecule has 0 radical (unpaired) electrons. The highest BCUT2D eigenvalue weighted by Crippen LogP contribution is 2.29. The fourth-order valence-corrected chi connectivity index (χ4v) is 1.64. The third-order valence-corrected chi connectivity index (χ3v) is 2.64. The third kappa shape index (κ3) is 6.12. The standard InChI is InChI=1S/C15H22BrNO2/c1-5-18-15-8-13(9-17-11(2)3)6-7-14(15)19-10-12(4)16/h6-8,11,17H,4-5,9-10H2,1-3H3. The van der Waals surface area contributed by atoms with Gasteiger partial charge in [-0.05, 0) is 24.6 Å². The Bertz CT molecular complexity index is 419. The lowest BCUT2D eigenvalue weighted by atomic mass is 10.2. The molecule has 0 unspecified atom stereocenters. The average molecular weight is 328 g/mol. The van der Waals surface area contributed by atoms with Gasteiger partial charge in [-0.3, -0.25) is 0 Å². The van der Waals surface area contributed by atoms with E-state index >= 15 is 0 Å². The molecule has 1 N–H and O–H groups in total. The summed E-state index contributed by atoms with van der Waals surface area (Å²) in [5.74, 6) is 1.52. The SMILES string of the molecule is C=C(Br)COc1ccc(CNC(C)C)cc1OCC. The van der Waals surface area contributed by atoms with E-state index in [9.17, 15) is 0 Å². The highest BCUT2D eigenvalue weighted by atomic mass is 79.9. The van der Waals surface area contributed by atoms with Crippen LogP contribution < -0.4 is 14.8 Å². The summed E-state index contributed by atoms with van der Waals surface area (Å²) in [6.45, 7) is 11.8. The van der Waals surface area contributed by atoms with Crippen LogP contribution in [0.15, 0.2) is 29.3 Å². The normalized spacial score (nSPS) is 10.6. The van der Waals surface area contributed by atoms with Crippen LogP contribution in [0.2, 0.25) is 0 Å². The maximum absolute atomic E-state index is 5.64. The van der Waals surface area contributed by atoms with Crippen molar-refractivity contribution < 1.29 is 9.47 Å². The molecule has 0 atom stereocenters. The third-order valence-electron chi connectivity index (χ3n) is 2.41. The minimum absolute atomic E-state index is 0.434. The summed E-state index contributed by atoms with van der Waals surface area (Å²) in [6.07, 6.45) is 0. The van der Waals surface area contributed by atoms with Crippen LogP contribution in [0.4, 0.5) is 0 Å². The van der Waals surface area contributed by atoms with Gasteiger partial charge in [-0.15, -0.1) is 0 Å². The number of rotatable bonds is 8. The largest absolute Gasteiger partial charge is 0.490 e.